The van der Waals surface area contributed by atoms with E-state index in [-0.39, 0.29) is 12.9 Å². The Bertz CT molecular complexity index is 444. The van der Waals surface area contributed by atoms with Gasteiger partial charge in [0, 0.05) is 18.2 Å². The van der Waals surface area contributed by atoms with Crippen molar-refractivity contribution < 1.29 is 14.6 Å². The first-order valence-electron chi connectivity index (χ1n) is 6.26. The minimum Gasteiger partial charge on any atom is -0.454 e. The van der Waals surface area contributed by atoms with Gasteiger partial charge in [-0.2, -0.15) is 0 Å². The first kappa shape index (κ1) is 11.9. The van der Waals surface area contributed by atoms with E-state index in [0.29, 0.717) is 16.8 Å². The van der Waals surface area contributed by atoms with E-state index < -0.39 is 0 Å². The third-order valence-corrected chi connectivity index (χ3v) is 3.83. The molecule has 4 nitrogen and oxygen atoms in total. The molecule has 0 saturated heterocycles. The predicted molar refractivity (Wildman–Crippen MR) is 69.5 cm³/mol. The van der Waals surface area contributed by atoms with Crippen LogP contribution in [0.25, 0.3) is 0 Å². The smallest absolute Gasteiger partial charge is 0.231 e. The number of ether oxygens (including phenoxy) is 2. The molecule has 18 heavy (non-hydrogen) atoms. The summed E-state index contributed by atoms with van der Waals surface area (Å²) in [5.41, 5.74) is 0.877. The molecule has 0 unspecified atom stereocenters. The summed E-state index contributed by atoms with van der Waals surface area (Å²) in [6, 6.07) is 4.03. The van der Waals surface area contributed by atoms with Gasteiger partial charge in [-0.3, -0.25) is 0 Å². The number of nitrogens with one attached hydrogen (secondary N) is 1. The maximum atomic E-state index is 9.48. The summed E-state index contributed by atoms with van der Waals surface area (Å²) < 4.78 is 10.6. The summed E-state index contributed by atoms with van der Waals surface area (Å²) in [5, 5.41) is 13.5. The molecule has 98 valence electrons. The molecule has 1 fully saturated rings. The quantitative estimate of drug-likeness (QED) is 0.867. The molecule has 0 atom stereocenters. The lowest BCUT2D eigenvalue weighted by atomic mass is 9.93. The predicted octanol–water partition coefficient (Wildman–Crippen LogP) is 2.78. The monoisotopic (exact) mass is 269 g/mol. The van der Waals surface area contributed by atoms with Crippen LogP contribution in [0.3, 0.4) is 0 Å². The molecule has 3 rings (SSSR count). The molecular formula is C13H16ClNO3. The molecule has 2 N–H and O–H groups in total. The highest BCUT2D eigenvalue weighted by molar-refractivity contribution is 6.33. The number of aliphatic hydroxyl groups is 1. The summed E-state index contributed by atoms with van der Waals surface area (Å²) in [4.78, 5) is 0. The van der Waals surface area contributed by atoms with Crippen LogP contribution in [0.4, 0.5) is 5.69 Å². The second kappa shape index (κ2) is 4.86. The Labute approximate surface area is 111 Å². The van der Waals surface area contributed by atoms with Crippen LogP contribution in [0.15, 0.2) is 12.1 Å². The number of hydrogen-bond acceptors (Lipinski definition) is 4. The molecule has 1 aliphatic heterocycles. The fourth-order valence-corrected chi connectivity index (χ4v) is 2.68. The highest BCUT2D eigenvalue weighted by Gasteiger charge is 2.22. The van der Waals surface area contributed by atoms with E-state index in [2.05, 4.69) is 5.32 Å². The number of fused-ring (bicyclic) bond motifs is 1. The topological polar surface area (TPSA) is 50.7 Å². The maximum absolute atomic E-state index is 9.48. The molecule has 1 aliphatic carbocycles. The standard InChI is InChI=1S/C13H16ClNO3/c14-10-5-12-13(18-7-17-12)6-11(10)15-8-1-3-9(16)4-2-8/h5-6,8-9,15-16H,1-4,7H2. The molecule has 0 spiro atoms. The van der Waals surface area contributed by atoms with Gasteiger partial charge in [0.05, 0.1) is 16.8 Å². The molecule has 1 saturated carbocycles. The van der Waals surface area contributed by atoms with E-state index in [9.17, 15) is 5.11 Å². The molecule has 0 amide bonds. The second-order valence-electron chi connectivity index (χ2n) is 4.84. The van der Waals surface area contributed by atoms with E-state index in [4.69, 9.17) is 21.1 Å². The first-order chi connectivity index (χ1) is 8.72. The lowest BCUT2D eigenvalue weighted by Crippen LogP contribution is -2.28. The summed E-state index contributed by atoms with van der Waals surface area (Å²) >= 11 is 6.21. The van der Waals surface area contributed by atoms with E-state index in [0.717, 1.165) is 37.1 Å². The summed E-state index contributed by atoms with van der Waals surface area (Å²) in [7, 11) is 0. The molecule has 5 heteroatoms. The molecular weight excluding hydrogens is 254 g/mol. The van der Waals surface area contributed by atoms with Gasteiger partial charge < -0.3 is 19.9 Å². The van der Waals surface area contributed by atoms with Crippen LogP contribution in [-0.2, 0) is 0 Å². The number of hydrogen-bond donors (Lipinski definition) is 2. The maximum Gasteiger partial charge on any atom is 0.231 e. The minimum absolute atomic E-state index is 0.143. The van der Waals surface area contributed by atoms with Crippen molar-refractivity contribution in [2.45, 2.75) is 37.8 Å². The van der Waals surface area contributed by atoms with Crippen LogP contribution in [0, 0.1) is 0 Å². The van der Waals surface area contributed by atoms with Gasteiger partial charge in [0.15, 0.2) is 11.5 Å². The van der Waals surface area contributed by atoms with Crippen LogP contribution in [0.5, 0.6) is 11.5 Å². The molecule has 0 bridgehead atoms. The molecule has 1 aromatic carbocycles. The zero-order valence-electron chi connectivity index (χ0n) is 9.99. The van der Waals surface area contributed by atoms with Gasteiger partial charge in [0.1, 0.15) is 0 Å². The molecule has 0 aromatic heterocycles. The van der Waals surface area contributed by atoms with Crippen molar-refractivity contribution in [3.63, 3.8) is 0 Å². The van der Waals surface area contributed by atoms with Gasteiger partial charge in [-0.25, -0.2) is 0 Å². The normalized spacial score (nSPS) is 26.1. The van der Waals surface area contributed by atoms with Crippen LogP contribution in [0.1, 0.15) is 25.7 Å². The lowest BCUT2D eigenvalue weighted by molar-refractivity contribution is 0.126. The average Bonchev–Trinajstić information content (AvgIpc) is 2.79. The van der Waals surface area contributed by atoms with Gasteiger partial charge in [-0.05, 0) is 25.7 Å². The average molecular weight is 270 g/mol. The zero-order chi connectivity index (χ0) is 12.5. The Morgan fingerprint density at radius 2 is 1.78 bits per heavy atom. The highest BCUT2D eigenvalue weighted by Crippen LogP contribution is 2.40. The minimum atomic E-state index is -0.143. The van der Waals surface area contributed by atoms with Crippen molar-refractivity contribution in [2.24, 2.45) is 0 Å². The first-order valence-corrected chi connectivity index (χ1v) is 6.64. The molecule has 1 aromatic rings. The van der Waals surface area contributed by atoms with Gasteiger partial charge in [-0.15, -0.1) is 0 Å². The summed E-state index contributed by atoms with van der Waals surface area (Å²) in [6.45, 7) is 0.255. The van der Waals surface area contributed by atoms with Crippen LogP contribution in [0.2, 0.25) is 5.02 Å². The molecule has 1 heterocycles. The largest absolute Gasteiger partial charge is 0.454 e. The van der Waals surface area contributed by atoms with Crippen molar-refractivity contribution in [3.8, 4) is 11.5 Å². The number of aliphatic hydroxyl groups excluding tert-OH is 1. The van der Waals surface area contributed by atoms with Crippen molar-refractivity contribution in [2.75, 3.05) is 12.1 Å². The highest BCUT2D eigenvalue weighted by atomic mass is 35.5. The number of anilines is 1. The SMILES string of the molecule is OC1CCC(Nc2cc3c(cc2Cl)OCO3)CC1. The Balaban J connectivity index is 1.73. The third kappa shape index (κ3) is 2.35. The van der Waals surface area contributed by atoms with Gasteiger partial charge in [-0.1, -0.05) is 11.6 Å². The number of halogens is 1. The van der Waals surface area contributed by atoms with E-state index >= 15 is 0 Å². The van der Waals surface area contributed by atoms with Crippen LogP contribution < -0.4 is 14.8 Å². The number of benzene rings is 1. The lowest BCUT2D eigenvalue weighted by Gasteiger charge is -2.27. The fraction of sp³-hybridized carbons (Fsp3) is 0.538. The van der Waals surface area contributed by atoms with E-state index in [1.165, 1.54) is 0 Å². The van der Waals surface area contributed by atoms with E-state index in [1.54, 1.807) is 6.07 Å². The van der Waals surface area contributed by atoms with Crippen LogP contribution in [-0.4, -0.2) is 24.0 Å². The van der Waals surface area contributed by atoms with Crippen LogP contribution >= 0.6 is 11.6 Å². The Hall–Kier alpha value is -1.13. The van der Waals surface area contributed by atoms with Crippen molar-refractivity contribution in [1.29, 1.82) is 0 Å². The summed E-state index contributed by atoms with van der Waals surface area (Å²) in [5.74, 6) is 1.43. The zero-order valence-corrected chi connectivity index (χ0v) is 10.7. The number of rotatable bonds is 2. The van der Waals surface area contributed by atoms with E-state index in [1.807, 2.05) is 6.07 Å². The fourth-order valence-electron chi connectivity index (χ4n) is 2.47. The summed E-state index contributed by atoms with van der Waals surface area (Å²) in [6.07, 6.45) is 3.48. The van der Waals surface area contributed by atoms with Gasteiger partial charge in [0.2, 0.25) is 6.79 Å². The Morgan fingerprint density at radius 1 is 1.11 bits per heavy atom. The third-order valence-electron chi connectivity index (χ3n) is 3.52. The Kier molecular flexibility index (Phi) is 3.22. The van der Waals surface area contributed by atoms with Crippen molar-refractivity contribution in [1.82, 2.24) is 0 Å². The Morgan fingerprint density at radius 3 is 2.50 bits per heavy atom. The van der Waals surface area contributed by atoms with Gasteiger partial charge >= 0.3 is 0 Å². The molecule has 2 aliphatic rings. The molecule has 0 radical (unpaired) electrons. The van der Waals surface area contributed by atoms with Crippen molar-refractivity contribution in [3.05, 3.63) is 17.2 Å². The second-order valence-corrected chi connectivity index (χ2v) is 5.24. The van der Waals surface area contributed by atoms with Gasteiger partial charge in [0.25, 0.3) is 0 Å². The van der Waals surface area contributed by atoms with Crippen molar-refractivity contribution >= 4 is 17.3 Å².